The molecule has 0 aliphatic carbocycles. The van der Waals surface area contributed by atoms with Crippen molar-refractivity contribution in [3.05, 3.63) is 0 Å². The van der Waals surface area contributed by atoms with Crippen LogP contribution in [0.1, 0.15) is 0 Å². The average Bonchev–Trinajstić information content (AvgIpc) is 2.95. The zero-order chi connectivity index (χ0) is 17.3. The van der Waals surface area contributed by atoms with Crippen LogP contribution in [0.2, 0.25) is 0 Å². The van der Waals surface area contributed by atoms with E-state index < -0.39 is 55.7 Å². The molecule has 2 saturated heterocycles. The number of rotatable bonds is 4. The van der Waals surface area contributed by atoms with Crippen LogP contribution in [-0.4, -0.2) is 87.3 Å². The van der Waals surface area contributed by atoms with Crippen LogP contribution in [0.25, 0.3) is 0 Å². The molecule has 23 heavy (non-hydrogen) atoms. The second-order valence-corrected chi connectivity index (χ2v) is 4.41. The van der Waals surface area contributed by atoms with Gasteiger partial charge in [-0.1, -0.05) is 0 Å². The Morgan fingerprint density at radius 1 is 1.04 bits per heavy atom. The first-order valence-electron chi connectivity index (χ1n) is 6.11. The van der Waals surface area contributed by atoms with Crippen molar-refractivity contribution >= 4 is 36.6 Å². The van der Waals surface area contributed by atoms with E-state index in [0.29, 0.717) is 14.7 Å². The van der Waals surface area contributed by atoms with Crippen LogP contribution < -0.4 is 10.6 Å². The van der Waals surface area contributed by atoms with Crippen LogP contribution in [0.3, 0.4) is 0 Å². The van der Waals surface area contributed by atoms with Gasteiger partial charge >= 0.3 is 18.1 Å². The molecule has 0 spiro atoms. The lowest BCUT2D eigenvalue weighted by atomic mass is 10.3. The smallest absolute Gasteiger partial charge is 0.347 e. The van der Waals surface area contributed by atoms with Crippen molar-refractivity contribution < 1.29 is 34.2 Å². The molecule has 0 bridgehead atoms. The van der Waals surface area contributed by atoms with E-state index in [2.05, 4.69) is 11.7 Å². The number of aliphatic imine (C=N–C) groups is 1. The fraction of sp³-hybridized carbons (Fsp3) is 0.400. The van der Waals surface area contributed by atoms with Gasteiger partial charge in [0.15, 0.2) is 12.3 Å². The minimum Gasteiger partial charge on any atom is -0.376 e. The Bertz CT molecular complexity index is 565. The summed E-state index contributed by atoms with van der Waals surface area (Å²) in [6.45, 7) is 1.07. The normalized spacial score (nSPS) is 23.9. The number of hydrogen-bond acceptors (Lipinski definition) is 7. The number of imide groups is 2. The highest BCUT2D eigenvalue weighted by atomic mass is 16.3. The molecule has 0 aromatic carbocycles. The molecule has 13 nitrogen and oxygen atoms in total. The molecular weight excluding hydrogens is 316 g/mol. The van der Waals surface area contributed by atoms with Crippen LogP contribution in [-0.2, 0) is 9.59 Å². The Morgan fingerprint density at radius 2 is 1.43 bits per heavy atom. The second-order valence-electron chi connectivity index (χ2n) is 4.41. The lowest BCUT2D eigenvalue weighted by Crippen LogP contribution is -2.61. The molecule has 2 atom stereocenters. The lowest BCUT2D eigenvalue weighted by molar-refractivity contribution is -0.135. The van der Waals surface area contributed by atoms with Crippen LogP contribution in [0.15, 0.2) is 4.99 Å². The van der Waals surface area contributed by atoms with Gasteiger partial charge in [-0.05, 0) is 6.72 Å². The van der Waals surface area contributed by atoms with E-state index in [-0.39, 0.29) is 0 Å². The van der Waals surface area contributed by atoms with Crippen molar-refractivity contribution in [3.8, 4) is 0 Å². The third-order valence-electron chi connectivity index (χ3n) is 3.23. The molecule has 13 heteroatoms. The number of aliphatic hydroxyl groups is 2. The van der Waals surface area contributed by atoms with Crippen molar-refractivity contribution in [3.63, 3.8) is 0 Å². The first kappa shape index (κ1) is 16.3. The van der Waals surface area contributed by atoms with Crippen molar-refractivity contribution in [1.29, 1.82) is 0 Å². The Hall–Kier alpha value is -3.06. The van der Waals surface area contributed by atoms with E-state index in [9.17, 15) is 34.2 Å². The Kier molecular flexibility index (Phi) is 4.24. The van der Waals surface area contributed by atoms with Gasteiger partial charge in [-0.3, -0.25) is 34.9 Å². The minimum atomic E-state index is -1.75. The summed E-state index contributed by atoms with van der Waals surface area (Å²) >= 11 is 0. The summed E-state index contributed by atoms with van der Waals surface area (Å²) in [7, 11) is 0. The molecule has 0 radical (unpaired) electrons. The quantitative estimate of drug-likeness (QED) is 0.310. The van der Waals surface area contributed by atoms with Gasteiger partial charge in [-0.2, -0.15) is 0 Å². The molecule has 0 aromatic heterocycles. The molecule has 2 fully saturated rings. The number of urea groups is 3. The zero-order valence-electron chi connectivity index (χ0n) is 11.5. The molecule has 2 aliphatic heterocycles. The van der Waals surface area contributed by atoms with E-state index in [1.807, 2.05) is 10.6 Å². The average molecular weight is 328 g/mol. The summed E-state index contributed by atoms with van der Waals surface area (Å²) in [6.07, 6.45) is -3.50. The maximum absolute atomic E-state index is 12.0. The van der Waals surface area contributed by atoms with E-state index in [1.165, 1.54) is 0 Å². The SMILES string of the molecule is C=NC(=O)N(C1C(=O)NC(=O)N1CO)C1C(=O)NC(=O)N1CO. The topological polar surface area (TPSA) is 172 Å². The Morgan fingerprint density at radius 3 is 1.74 bits per heavy atom. The third kappa shape index (κ3) is 2.47. The maximum atomic E-state index is 12.0. The van der Waals surface area contributed by atoms with Gasteiger partial charge in [0.2, 0.25) is 0 Å². The number of carbonyl (C=O) groups is 5. The predicted molar refractivity (Wildman–Crippen MR) is 69.3 cm³/mol. The molecule has 4 N–H and O–H groups in total. The lowest BCUT2D eigenvalue weighted by Gasteiger charge is -2.35. The Labute approximate surface area is 128 Å². The highest BCUT2D eigenvalue weighted by molar-refractivity contribution is 6.08. The molecule has 2 rings (SSSR count). The van der Waals surface area contributed by atoms with Gasteiger partial charge in [0.1, 0.15) is 13.5 Å². The fourth-order valence-corrected chi connectivity index (χ4v) is 2.25. The Balaban J connectivity index is 2.49. The van der Waals surface area contributed by atoms with Gasteiger partial charge in [-0.15, -0.1) is 0 Å². The summed E-state index contributed by atoms with van der Waals surface area (Å²) in [4.78, 5) is 63.6. The maximum Gasteiger partial charge on any atom is 0.347 e. The summed E-state index contributed by atoms with van der Waals surface area (Å²) in [5.74, 6) is -2.04. The molecule has 8 amide bonds. The van der Waals surface area contributed by atoms with Crippen molar-refractivity contribution in [1.82, 2.24) is 25.3 Å². The molecular formula is C10H12N6O7. The summed E-state index contributed by atoms with van der Waals surface area (Å²) < 4.78 is 0. The van der Waals surface area contributed by atoms with Crippen molar-refractivity contribution in [2.75, 3.05) is 13.5 Å². The molecule has 0 saturated carbocycles. The number of hydrogen-bond donors (Lipinski definition) is 4. The number of nitrogens with one attached hydrogen (secondary N) is 2. The van der Waals surface area contributed by atoms with E-state index in [0.717, 1.165) is 0 Å². The highest BCUT2D eigenvalue weighted by Gasteiger charge is 2.53. The van der Waals surface area contributed by atoms with Crippen molar-refractivity contribution in [2.24, 2.45) is 4.99 Å². The van der Waals surface area contributed by atoms with E-state index in [1.54, 1.807) is 0 Å². The summed E-state index contributed by atoms with van der Waals surface area (Å²) in [5, 5.41) is 22.1. The molecule has 2 unspecified atom stereocenters. The molecule has 124 valence electrons. The number of amides is 8. The zero-order valence-corrected chi connectivity index (χ0v) is 11.5. The first-order chi connectivity index (χ1) is 10.9. The van der Waals surface area contributed by atoms with Crippen molar-refractivity contribution in [2.45, 2.75) is 12.3 Å². The predicted octanol–water partition coefficient (Wildman–Crippen LogP) is -3.24. The summed E-state index contributed by atoms with van der Waals surface area (Å²) in [6, 6.07) is -3.24. The first-order valence-corrected chi connectivity index (χ1v) is 6.11. The third-order valence-corrected chi connectivity index (χ3v) is 3.23. The van der Waals surface area contributed by atoms with E-state index in [4.69, 9.17) is 0 Å². The van der Waals surface area contributed by atoms with Crippen LogP contribution in [0, 0.1) is 0 Å². The van der Waals surface area contributed by atoms with Gasteiger partial charge in [0.05, 0.1) is 0 Å². The number of carbonyl (C=O) groups excluding carboxylic acids is 5. The van der Waals surface area contributed by atoms with Crippen LogP contribution in [0.4, 0.5) is 14.4 Å². The van der Waals surface area contributed by atoms with Gasteiger partial charge < -0.3 is 10.2 Å². The largest absolute Gasteiger partial charge is 0.376 e. The van der Waals surface area contributed by atoms with Gasteiger partial charge in [0, 0.05) is 0 Å². The number of aliphatic hydroxyl groups excluding tert-OH is 2. The van der Waals surface area contributed by atoms with Gasteiger partial charge in [-0.25, -0.2) is 19.4 Å². The number of nitrogens with zero attached hydrogens (tertiary/aromatic N) is 4. The standard InChI is InChI=1S/C10H12N6O7/c1-11-8(21)16(6-4(19)12-9(22)14(6)2-17)7-5(20)13-10(23)15(7)3-18/h6-7,17-18H,1-3H2,(H,12,19,22)(H,13,20,23). The monoisotopic (exact) mass is 328 g/mol. The summed E-state index contributed by atoms with van der Waals surface area (Å²) in [5.41, 5.74) is 0. The van der Waals surface area contributed by atoms with Crippen LogP contribution >= 0.6 is 0 Å². The van der Waals surface area contributed by atoms with Gasteiger partial charge in [0.25, 0.3) is 11.8 Å². The fourth-order valence-electron chi connectivity index (χ4n) is 2.25. The molecule has 0 aromatic rings. The molecule has 2 heterocycles. The van der Waals surface area contributed by atoms with Crippen LogP contribution in [0.5, 0.6) is 0 Å². The van der Waals surface area contributed by atoms with E-state index >= 15 is 0 Å². The molecule has 2 aliphatic rings. The second kappa shape index (κ2) is 5.98. The minimum absolute atomic E-state index is 0.458. The highest BCUT2D eigenvalue weighted by Crippen LogP contribution is 2.22.